The van der Waals surface area contributed by atoms with Crippen LogP contribution in [-0.4, -0.2) is 30.4 Å². The summed E-state index contributed by atoms with van der Waals surface area (Å²) in [6.45, 7) is 1.34. The van der Waals surface area contributed by atoms with E-state index in [2.05, 4.69) is 0 Å². The van der Waals surface area contributed by atoms with E-state index in [1.54, 1.807) is 7.11 Å². The van der Waals surface area contributed by atoms with Crippen molar-refractivity contribution in [3.63, 3.8) is 0 Å². The summed E-state index contributed by atoms with van der Waals surface area (Å²) in [5.74, 6) is 0.750. The van der Waals surface area contributed by atoms with Gasteiger partial charge in [-0.1, -0.05) is 42.5 Å². The summed E-state index contributed by atoms with van der Waals surface area (Å²) in [4.78, 5) is 0. The standard InChI is InChI=1S/C18H23NO3.ClH/c1-22-16-9-5-8-15(12-16)17(20)10-11-19-13-18(21)14-6-3-2-4-7-14;/h2-9,12,17-21H,10-11,13H2,1H3;1H. The summed E-state index contributed by atoms with van der Waals surface area (Å²) in [6.07, 6.45) is -0.357. The Morgan fingerprint density at radius 3 is 2.35 bits per heavy atom. The molecule has 0 amide bonds. The number of aliphatic hydroxyl groups is 2. The third-order valence-electron chi connectivity index (χ3n) is 3.70. The van der Waals surface area contributed by atoms with E-state index in [4.69, 9.17) is 4.74 Å². The van der Waals surface area contributed by atoms with Crippen molar-refractivity contribution in [2.24, 2.45) is 0 Å². The van der Waals surface area contributed by atoms with E-state index in [-0.39, 0.29) is 12.4 Å². The Morgan fingerprint density at radius 1 is 0.957 bits per heavy atom. The minimum absolute atomic E-state index is 0. The minimum atomic E-state index is -0.514. The zero-order chi connectivity index (χ0) is 15.8. The van der Waals surface area contributed by atoms with Crippen LogP contribution in [0.5, 0.6) is 5.75 Å². The largest absolute Gasteiger partial charge is 1.00 e. The predicted octanol–water partition coefficient (Wildman–Crippen LogP) is -1.58. The summed E-state index contributed by atoms with van der Waals surface area (Å²) in [7, 11) is 1.62. The molecule has 2 aromatic carbocycles. The first-order valence-corrected chi connectivity index (χ1v) is 7.57. The van der Waals surface area contributed by atoms with Gasteiger partial charge in [-0.2, -0.15) is 0 Å². The Bertz CT molecular complexity index is 565. The van der Waals surface area contributed by atoms with Crippen LogP contribution < -0.4 is 22.5 Å². The molecule has 0 spiro atoms. The highest BCUT2D eigenvalue weighted by Crippen LogP contribution is 2.20. The number of hydrogen-bond acceptors (Lipinski definition) is 3. The molecule has 0 bridgehead atoms. The molecule has 4 N–H and O–H groups in total. The molecule has 0 aliphatic heterocycles. The number of aliphatic hydroxyl groups excluding tert-OH is 2. The average Bonchev–Trinajstić information content (AvgIpc) is 2.59. The van der Waals surface area contributed by atoms with Gasteiger partial charge in [0.25, 0.3) is 0 Å². The Balaban J connectivity index is 0.00000264. The maximum absolute atomic E-state index is 10.2. The lowest BCUT2D eigenvalue weighted by Crippen LogP contribution is -3.00. The molecule has 0 saturated heterocycles. The molecule has 2 atom stereocenters. The van der Waals surface area contributed by atoms with Crippen LogP contribution in [0.25, 0.3) is 0 Å². The molecule has 126 valence electrons. The SMILES string of the molecule is COc1cccc(C(O)CC[NH2+]CC(O)c2ccccc2)c1.[Cl-]. The van der Waals surface area contributed by atoms with E-state index in [0.29, 0.717) is 13.0 Å². The maximum atomic E-state index is 10.2. The molecule has 2 rings (SSSR count). The zero-order valence-electron chi connectivity index (χ0n) is 13.2. The molecule has 4 nitrogen and oxygen atoms in total. The van der Waals surface area contributed by atoms with Crippen molar-refractivity contribution < 1.29 is 32.7 Å². The number of methoxy groups -OCH3 is 1. The second-order valence-corrected chi connectivity index (χ2v) is 5.32. The highest BCUT2D eigenvalue weighted by Gasteiger charge is 2.11. The van der Waals surface area contributed by atoms with Gasteiger partial charge in [-0.05, 0) is 23.3 Å². The summed E-state index contributed by atoms with van der Waals surface area (Å²) in [6, 6.07) is 17.1. The average molecular weight is 338 g/mol. The summed E-state index contributed by atoms with van der Waals surface area (Å²) >= 11 is 0. The van der Waals surface area contributed by atoms with Crippen LogP contribution >= 0.6 is 0 Å². The lowest BCUT2D eigenvalue weighted by molar-refractivity contribution is -0.663. The van der Waals surface area contributed by atoms with Crippen molar-refractivity contribution in [2.75, 3.05) is 20.2 Å². The second-order valence-electron chi connectivity index (χ2n) is 5.32. The molecule has 0 aliphatic carbocycles. The summed E-state index contributed by atoms with van der Waals surface area (Å²) in [5.41, 5.74) is 1.78. The van der Waals surface area contributed by atoms with E-state index in [1.165, 1.54) is 0 Å². The maximum Gasteiger partial charge on any atom is 0.128 e. The van der Waals surface area contributed by atoms with Gasteiger partial charge < -0.3 is 32.7 Å². The lowest BCUT2D eigenvalue weighted by atomic mass is 10.1. The van der Waals surface area contributed by atoms with E-state index in [9.17, 15) is 10.2 Å². The van der Waals surface area contributed by atoms with E-state index in [0.717, 1.165) is 23.4 Å². The van der Waals surface area contributed by atoms with Crippen LogP contribution in [0.4, 0.5) is 0 Å². The predicted molar refractivity (Wildman–Crippen MR) is 85.6 cm³/mol. The Morgan fingerprint density at radius 2 is 1.65 bits per heavy atom. The van der Waals surface area contributed by atoms with Gasteiger partial charge in [0.05, 0.1) is 19.8 Å². The van der Waals surface area contributed by atoms with Crippen molar-refractivity contribution in [2.45, 2.75) is 18.6 Å². The highest BCUT2D eigenvalue weighted by molar-refractivity contribution is 5.29. The molecule has 0 aliphatic rings. The Labute approximate surface area is 143 Å². The van der Waals surface area contributed by atoms with Gasteiger partial charge in [-0.15, -0.1) is 0 Å². The van der Waals surface area contributed by atoms with Gasteiger partial charge >= 0.3 is 0 Å². The first-order chi connectivity index (χ1) is 10.7. The number of ether oxygens (including phenoxy) is 1. The van der Waals surface area contributed by atoms with Crippen LogP contribution in [0, 0.1) is 0 Å². The monoisotopic (exact) mass is 337 g/mol. The smallest absolute Gasteiger partial charge is 0.128 e. The van der Waals surface area contributed by atoms with Crippen LogP contribution in [-0.2, 0) is 0 Å². The van der Waals surface area contributed by atoms with Gasteiger partial charge in [0.1, 0.15) is 18.4 Å². The van der Waals surface area contributed by atoms with Gasteiger partial charge in [0.15, 0.2) is 0 Å². The molecule has 2 aromatic rings. The Hall–Kier alpha value is -1.59. The summed E-state index contributed by atoms with van der Waals surface area (Å²) < 4.78 is 5.16. The van der Waals surface area contributed by atoms with Crippen molar-refractivity contribution in [3.8, 4) is 5.75 Å². The molecular formula is C18H24ClNO3. The number of quaternary nitrogens is 1. The van der Waals surface area contributed by atoms with Gasteiger partial charge in [0.2, 0.25) is 0 Å². The fourth-order valence-corrected chi connectivity index (χ4v) is 2.38. The number of halogens is 1. The molecule has 23 heavy (non-hydrogen) atoms. The van der Waals surface area contributed by atoms with Gasteiger partial charge in [-0.25, -0.2) is 0 Å². The molecule has 0 fully saturated rings. The number of benzene rings is 2. The third-order valence-corrected chi connectivity index (χ3v) is 3.70. The van der Waals surface area contributed by atoms with Gasteiger partial charge in [-0.3, -0.25) is 0 Å². The third kappa shape index (κ3) is 6.20. The minimum Gasteiger partial charge on any atom is -1.00 e. The molecule has 2 unspecified atom stereocenters. The Kier molecular flexibility index (Phi) is 8.66. The van der Waals surface area contributed by atoms with Gasteiger partial charge in [0, 0.05) is 6.42 Å². The summed E-state index contributed by atoms with van der Waals surface area (Å²) in [5, 5.41) is 22.3. The first-order valence-electron chi connectivity index (χ1n) is 7.57. The van der Waals surface area contributed by atoms with Crippen molar-refractivity contribution >= 4 is 0 Å². The molecule has 0 heterocycles. The molecule has 5 heteroatoms. The number of hydrogen-bond donors (Lipinski definition) is 3. The van der Waals surface area contributed by atoms with Crippen LogP contribution in [0.2, 0.25) is 0 Å². The zero-order valence-corrected chi connectivity index (χ0v) is 14.0. The molecule has 0 saturated carbocycles. The number of nitrogens with two attached hydrogens (primary N) is 1. The van der Waals surface area contributed by atoms with Crippen molar-refractivity contribution in [1.29, 1.82) is 0 Å². The van der Waals surface area contributed by atoms with Crippen LogP contribution in [0.3, 0.4) is 0 Å². The van der Waals surface area contributed by atoms with Crippen LogP contribution in [0.1, 0.15) is 29.8 Å². The highest BCUT2D eigenvalue weighted by atomic mass is 35.5. The lowest BCUT2D eigenvalue weighted by Gasteiger charge is -2.13. The quantitative estimate of drug-likeness (QED) is 0.509. The van der Waals surface area contributed by atoms with E-state index < -0.39 is 12.2 Å². The molecule has 0 aromatic heterocycles. The first kappa shape index (κ1) is 19.5. The van der Waals surface area contributed by atoms with E-state index in [1.807, 2.05) is 59.9 Å². The van der Waals surface area contributed by atoms with Crippen LogP contribution in [0.15, 0.2) is 54.6 Å². The number of rotatable bonds is 8. The fourth-order valence-electron chi connectivity index (χ4n) is 2.38. The van der Waals surface area contributed by atoms with Crippen molar-refractivity contribution in [1.82, 2.24) is 0 Å². The normalized spacial score (nSPS) is 13.0. The van der Waals surface area contributed by atoms with E-state index >= 15 is 0 Å². The topological polar surface area (TPSA) is 66.3 Å². The molecular weight excluding hydrogens is 314 g/mol. The molecule has 0 radical (unpaired) electrons. The van der Waals surface area contributed by atoms with Crippen molar-refractivity contribution in [3.05, 3.63) is 65.7 Å². The fraction of sp³-hybridized carbons (Fsp3) is 0.333. The second kappa shape index (κ2) is 10.2.